The number of hydrogen-bond donors (Lipinski definition) is 0. The maximum atomic E-state index is 5.58. The Morgan fingerprint density at radius 1 is 0.304 bits per heavy atom. The summed E-state index contributed by atoms with van der Waals surface area (Å²) in [6.07, 6.45) is 3.83. The predicted molar refractivity (Wildman–Crippen MR) is 280 cm³/mol. The van der Waals surface area contributed by atoms with Gasteiger partial charge in [-0.2, -0.15) is 0 Å². The zero-order valence-corrected chi connectivity index (χ0v) is 37.4. The van der Waals surface area contributed by atoms with Gasteiger partial charge in [0, 0.05) is 56.5 Å². The highest BCUT2D eigenvalue weighted by atomic mass is 14.9. The molecule has 0 saturated heterocycles. The molecular formula is C64H41N5. The van der Waals surface area contributed by atoms with Crippen molar-refractivity contribution in [3.8, 4) is 78.7 Å². The summed E-state index contributed by atoms with van der Waals surface area (Å²) in [5.74, 6) is 1.31. The second kappa shape index (κ2) is 16.6. The molecule has 0 radical (unpaired) electrons. The van der Waals surface area contributed by atoms with Crippen LogP contribution < -0.4 is 0 Å². The number of pyridine rings is 1. The quantitative estimate of drug-likeness (QED) is 0.142. The lowest BCUT2D eigenvalue weighted by Crippen LogP contribution is -2.28. The first-order valence-electron chi connectivity index (χ1n) is 23.3. The third kappa shape index (κ3) is 6.66. The minimum absolute atomic E-state index is 0.642. The van der Waals surface area contributed by atoms with E-state index in [4.69, 9.17) is 24.9 Å². The molecule has 3 heterocycles. The molecule has 9 aromatic carbocycles. The molecule has 1 aliphatic carbocycles. The summed E-state index contributed by atoms with van der Waals surface area (Å²) in [6.45, 7) is 0. The van der Waals surface area contributed by atoms with Crippen LogP contribution in [0.4, 0.5) is 0 Å². The maximum absolute atomic E-state index is 5.58. The van der Waals surface area contributed by atoms with Gasteiger partial charge in [-0.05, 0) is 68.8 Å². The number of fused-ring (bicyclic) bond motifs is 6. The van der Waals surface area contributed by atoms with Crippen LogP contribution >= 0.6 is 0 Å². The fourth-order valence-electron chi connectivity index (χ4n) is 10.6. The number of benzene rings is 9. The van der Waals surface area contributed by atoms with Crippen molar-refractivity contribution >= 4 is 21.8 Å². The summed E-state index contributed by atoms with van der Waals surface area (Å²) >= 11 is 0. The van der Waals surface area contributed by atoms with Gasteiger partial charge in [-0.3, -0.25) is 4.98 Å². The molecule has 3 aromatic heterocycles. The molecule has 0 aliphatic heterocycles. The van der Waals surface area contributed by atoms with Gasteiger partial charge in [-0.15, -0.1) is 0 Å². The summed E-state index contributed by atoms with van der Waals surface area (Å²) in [7, 11) is 0. The number of aromatic nitrogens is 5. The summed E-state index contributed by atoms with van der Waals surface area (Å²) < 4.78 is 0. The lowest BCUT2D eigenvalue weighted by atomic mass is 9.67. The molecule has 0 atom stereocenters. The lowest BCUT2D eigenvalue weighted by molar-refractivity contribution is 0.768. The van der Waals surface area contributed by atoms with Crippen LogP contribution in [0.5, 0.6) is 0 Å². The summed E-state index contributed by atoms with van der Waals surface area (Å²) in [5, 5.41) is 1.97. The van der Waals surface area contributed by atoms with Gasteiger partial charge in [0.25, 0.3) is 0 Å². The van der Waals surface area contributed by atoms with E-state index in [1.165, 1.54) is 0 Å². The summed E-state index contributed by atoms with van der Waals surface area (Å²) in [5.41, 5.74) is 18.0. The molecule has 322 valence electrons. The van der Waals surface area contributed by atoms with Crippen LogP contribution in [0, 0.1) is 0 Å². The number of rotatable bonds is 8. The van der Waals surface area contributed by atoms with Crippen molar-refractivity contribution in [2.24, 2.45) is 0 Å². The normalized spacial score (nSPS) is 12.5. The van der Waals surface area contributed by atoms with E-state index in [0.29, 0.717) is 11.6 Å². The Kier molecular flexibility index (Phi) is 9.65. The van der Waals surface area contributed by atoms with Crippen molar-refractivity contribution in [3.63, 3.8) is 0 Å². The lowest BCUT2D eigenvalue weighted by Gasteiger charge is -2.34. The van der Waals surface area contributed by atoms with Crippen LogP contribution in [0.1, 0.15) is 22.3 Å². The maximum Gasteiger partial charge on any atom is 0.160 e. The van der Waals surface area contributed by atoms with Gasteiger partial charge >= 0.3 is 0 Å². The second-order valence-electron chi connectivity index (χ2n) is 17.5. The Morgan fingerprint density at radius 3 is 1.29 bits per heavy atom. The van der Waals surface area contributed by atoms with Crippen LogP contribution in [0.2, 0.25) is 0 Å². The minimum atomic E-state index is -0.717. The molecule has 0 unspecified atom stereocenters. The van der Waals surface area contributed by atoms with E-state index in [0.717, 1.165) is 111 Å². The first-order valence-corrected chi connectivity index (χ1v) is 23.3. The fraction of sp³-hybridized carbons (Fsp3) is 0.0156. The Hall–Kier alpha value is -9.19. The Bertz CT molecular complexity index is 3770. The van der Waals surface area contributed by atoms with Crippen molar-refractivity contribution in [1.29, 1.82) is 0 Å². The van der Waals surface area contributed by atoms with Crippen molar-refractivity contribution < 1.29 is 0 Å². The van der Waals surface area contributed by atoms with Gasteiger partial charge < -0.3 is 0 Å². The average molecular weight is 880 g/mol. The first-order chi connectivity index (χ1) is 34.2. The van der Waals surface area contributed by atoms with Gasteiger partial charge in [0.05, 0.1) is 27.8 Å². The van der Waals surface area contributed by atoms with Gasteiger partial charge in [0.2, 0.25) is 0 Å². The molecule has 0 spiro atoms. The van der Waals surface area contributed by atoms with E-state index in [1.807, 2.05) is 30.6 Å². The minimum Gasteiger partial charge on any atom is -0.255 e. The van der Waals surface area contributed by atoms with Crippen LogP contribution in [-0.2, 0) is 5.41 Å². The molecule has 1 aliphatic rings. The van der Waals surface area contributed by atoms with E-state index in [2.05, 4.69) is 218 Å². The van der Waals surface area contributed by atoms with Gasteiger partial charge in [-0.1, -0.05) is 212 Å². The monoisotopic (exact) mass is 879 g/mol. The zero-order valence-electron chi connectivity index (χ0n) is 37.4. The molecule has 12 aromatic rings. The van der Waals surface area contributed by atoms with Crippen LogP contribution in [0.25, 0.3) is 100 Å². The molecule has 0 saturated carbocycles. The summed E-state index contributed by atoms with van der Waals surface area (Å²) in [6, 6.07) is 83.5. The molecule has 13 rings (SSSR count). The van der Waals surface area contributed by atoms with E-state index in [9.17, 15) is 0 Å². The average Bonchev–Trinajstić information content (AvgIpc) is 3.73. The van der Waals surface area contributed by atoms with Gasteiger partial charge in [0.15, 0.2) is 11.6 Å². The van der Waals surface area contributed by atoms with Crippen LogP contribution in [0.3, 0.4) is 0 Å². The van der Waals surface area contributed by atoms with Gasteiger partial charge in [-0.25, -0.2) is 19.9 Å². The van der Waals surface area contributed by atoms with Crippen LogP contribution in [-0.4, -0.2) is 24.9 Å². The Morgan fingerprint density at radius 2 is 0.768 bits per heavy atom. The van der Waals surface area contributed by atoms with E-state index < -0.39 is 5.41 Å². The fourth-order valence-corrected chi connectivity index (χ4v) is 10.6. The van der Waals surface area contributed by atoms with Crippen molar-refractivity contribution in [3.05, 3.63) is 271 Å². The largest absolute Gasteiger partial charge is 0.255 e. The highest BCUT2D eigenvalue weighted by Crippen LogP contribution is 2.57. The third-order valence-corrected chi connectivity index (χ3v) is 13.7. The first kappa shape index (κ1) is 40.1. The highest BCUT2D eigenvalue weighted by molar-refractivity contribution is 6.19. The zero-order chi connectivity index (χ0) is 45.7. The van der Waals surface area contributed by atoms with Gasteiger partial charge in [0.1, 0.15) is 0 Å². The molecule has 0 bridgehead atoms. The van der Waals surface area contributed by atoms with E-state index in [1.54, 1.807) is 0 Å². The predicted octanol–water partition coefficient (Wildman–Crippen LogP) is 15.3. The molecule has 5 nitrogen and oxygen atoms in total. The SMILES string of the molecule is c1ccc(-c2cc(-c3ccccc3)nc(-c3ccc4c(c3)C(c3ccccc3)(c3ccccc3)c3cc(-c5ncc6c(n5)c(-c5ccccc5)c(-c5ccccc5)c5cccnc56)ccc3-4)n2)cc1. The number of hydrogen-bond acceptors (Lipinski definition) is 5. The second-order valence-corrected chi connectivity index (χ2v) is 17.5. The third-order valence-electron chi connectivity index (χ3n) is 13.7. The summed E-state index contributed by atoms with van der Waals surface area (Å²) in [4.78, 5) is 26.3. The highest BCUT2D eigenvalue weighted by Gasteiger charge is 2.46. The Labute approximate surface area is 400 Å². The van der Waals surface area contributed by atoms with Crippen molar-refractivity contribution in [2.75, 3.05) is 0 Å². The van der Waals surface area contributed by atoms with E-state index >= 15 is 0 Å². The van der Waals surface area contributed by atoms with Crippen LogP contribution in [0.15, 0.2) is 249 Å². The molecule has 0 fully saturated rings. The molecule has 0 amide bonds. The molecule has 69 heavy (non-hydrogen) atoms. The molecule has 5 heteroatoms. The molecular weight excluding hydrogens is 839 g/mol. The molecule has 0 N–H and O–H groups in total. The number of nitrogens with zero attached hydrogens (tertiary/aromatic N) is 5. The van der Waals surface area contributed by atoms with Crippen molar-refractivity contribution in [2.45, 2.75) is 5.41 Å². The Balaban J connectivity index is 1.05. The smallest absolute Gasteiger partial charge is 0.160 e. The topological polar surface area (TPSA) is 64.5 Å². The van der Waals surface area contributed by atoms with Crippen molar-refractivity contribution in [1.82, 2.24) is 24.9 Å². The standard InChI is InChI=1S/C64H41N5/c1-7-20-42(21-8-1)56-40-57(43-22-9-2-10-23-43)68-63(67-56)47-34-36-51-50-35-33-46(38-54(50)64(55(51)39-47,48-28-15-5-16-29-48)49-30-17-6-18-31-49)62-66-41-53-60-52(32-19-37-65-60)58(44-24-11-3-12-25-44)59(61(53)69-62)45-26-13-4-14-27-45/h1-41H. The van der Waals surface area contributed by atoms with E-state index in [-0.39, 0.29) is 0 Å².